The van der Waals surface area contributed by atoms with Crippen molar-refractivity contribution in [3.63, 3.8) is 0 Å². The third kappa shape index (κ3) is 4.00. The summed E-state index contributed by atoms with van der Waals surface area (Å²) in [6.07, 6.45) is 2.40. The fraction of sp³-hybridized carbons (Fsp3) is 0.304. The van der Waals surface area contributed by atoms with Crippen LogP contribution in [0.1, 0.15) is 37.5 Å². The van der Waals surface area contributed by atoms with Gasteiger partial charge >= 0.3 is 6.09 Å². The largest absolute Gasteiger partial charge is 0.439 e. The smallest absolute Gasteiger partial charge is 0.410 e. The molecule has 1 aromatic heterocycles. The molecule has 1 aliphatic heterocycles. The molecule has 0 saturated carbocycles. The van der Waals surface area contributed by atoms with E-state index in [1.807, 2.05) is 56.4 Å². The molecule has 2 atom stereocenters. The maximum absolute atomic E-state index is 12.5. The number of hydrogen-bond acceptors (Lipinski definition) is 3. The molecule has 156 valence electrons. The summed E-state index contributed by atoms with van der Waals surface area (Å²) in [7, 11) is 0. The van der Waals surface area contributed by atoms with Crippen LogP contribution in [0, 0.1) is 0 Å². The first-order valence-corrected chi connectivity index (χ1v) is 10.5. The number of benzene rings is 2. The number of hydrogen-bond donors (Lipinski definition) is 2. The highest BCUT2D eigenvalue weighted by atomic mass is 35.5. The number of anilines is 1. The monoisotopic (exact) mass is 425 g/mol. The van der Waals surface area contributed by atoms with Gasteiger partial charge in [0.25, 0.3) is 0 Å². The standard InChI is InChI=1S/C23H24ClN3O3/c1-3-21(28)26-19-9-5-8-18-16(12-25-22(18)19)10-14(2)27-13-20(30-23(27)29)15-6-4-7-17(24)11-15/h4-9,11-12,14,20,25H,3,10,13H2,1-2H3,(H,26,28). The number of aromatic amines is 1. The Morgan fingerprint density at radius 1 is 1.33 bits per heavy atom. The lowest BCUT2D eigenvalue weighted by Gasteiger charge is -2.21. The fourth-order valence-electron chi connectivity index (χ4n) is 3.87. The molecule has 2 heterocycles. The summed E-state index contributed by atoms with van der Waals surface area (Å²) in [6, 6.07) is 13.2. The number of amides is 2. The van der Waals surface area contributed by atoms with Crippen LogP contribution >= 0.6 is 11.6 Å². The molecule has 0 spiro atoms. The first kappa shape index (κ1) is 20.3. The van der Waals surface area contributed by atoms with E-state index in [-0.39, 0.29) is 24.1 Å². The van der Waals surface area contributed by atoms with Crippen LogP contribution in [0.15, 0.2) is 48.7 Å². The first-order valence-electron chi connectivity index (χ1n) is 10.1. The Labute approximate surface area is 180 Å². The van der Waals surface area contributed by atoms with Crippen molar-refractivity contribution in [1.82, 2.24) is 9.88 Å². The number of cyclic esters (lactones) is 1. The van der Waals surface area contributed by atoms with E-state index in [0.29, 0.717) is 24.4 Å². The summed E-state index contributed by atoms with van der Waals surface area (Å²) >= 11 is 6.08. The van der Waals surface area contributed by atoms with Gasteiger partial charge in [-0.1, -0.05) is 42.8 Å². The Hall–Kier alpha value is -2.99. The van der Waals surface area contributed by atoms with Crippen LogP contribution in [-0.2, 0) is 16.0 Å². The maximum atomic E-state index is 12.5. The number of para-hydroxylation sites is 1. The van der Waals surface area contributed by atoms with Crippen LogP contribution in [0.25, 0.3) is 10.9 Å². The van der Waals surface area contributed by atoms with Gasteiger partial charge in [-0.15, -0.1) is 0 Å². The highest BCUT2D eigenvalue weighted by Gasteiger charge is 2.35. The summed E-state index contributed by atoms with van der Waals surface area (Å²) < 4.78 is 5.59. The molecule has 4 rings (SSSR count). The molecule has 1 aliphatic rings. The van der Waals surface area contributed by atoms with Gasteiger partial charge in [-0.25, -0.2) is 4.79 Å². The highest BCUT2D eigenvalue weighted by molar-refractivity contribution is 6.30. The van der Waals surface area contributed by atoms with Gasteiger partial charge in [-0.05, 0) is 42.7 Å². The summed E-state index contributed by atoms with van der Waals surface area (Å²) in [5.74, 6) is -0.0288. The minimum Gasteiger partial charge on any atom is -0.439 e. The van der Waals surface area contributed by atoms with Crippen molar-refractivity contribution in [2.45, 2.75) is 38.8 Å². The molecular weight excluding hydrogens is 402 g/mol. The van der Waals surface area contributed by atoms with E-state index in [4.69, 9.17) is 16.3 Å². The summed E-state index contributed by atoms with van der Waals surface area (Å²) in [4.78, 5) is 29.3. The van der Waals surface area contributed by atoms with Gasteiger partial charge in [0.2, 0.25) is 5.91 Å². The fourth-order valence-corrected chi connectivity index (χ4v) is 4.07. The molecule has 2 amide bonds. The number of rotatable bonds is 6. The van der Waals surface area contributed by atoms with Gasteiger partial charge in [0.1, 0.15) is 6.10 Å². The molecule has 1 saturated heterocycles. The number of H-pyrrole nitrogens is 1. The number of halogens is 1. The molecule has 3 aromatic rings. The van der Waals surface area contributed by atoms with Crippen molar-refractivity contribution in [3.05, 3.63) is 64.8 Å². The van der Waals surface area contributed by atoms with Gasteiger partial charge in [0.05, 0.1) is 17.7 Å². The molecule has 2 unspecified atom stereocenters. The Kier molecular flexibility index (Phi) is 5.68. The Bertz CT molecular complexity index is 1090. The van der Waals surface area contributed by atoms with Crippen LogP contribution in [0.4, 0.5) is 10.5 Å². The van der Waals surface area contributed by atoms with E-state index in [2.05, 4.69) is 10.3 Å². The van der Waals surface area contributed by atoms with E-state index in [1.165, 1.54) is 0 Å². The molecule has 2 aromatic carbocycles. The van der Waals surface area contributed by atoms with Gasteiger partial charge in [-0.2, -0.15) is 0 Å². The molecule has 0 aliphatic carbocycles. The van der Waals surface area contributed by atoms with E-state index >= 15 is 0 Å². The van der Waals surface area contributed by atoms with Crippen LogP contribution < -0.4 is 5.32 Å². The van der Waals surface area contributed by atoms with E-state index in [0.717, 1.165) is 27.7 Å². The van der Waals surface area contributed by atoms with Crippen molar-refractivity contribution >= 4 is 40.2 Å². The van der Waals surface area contributed by atoms with Crippen LogP contribution in [0.2, 0.25) is 5.02 Å². The van der Waals surface area contributed by atoms with Crippen LogP contribution in [-0.4, -0.2) is 34.5 Å². The molecule has 1 fully saturated rings. The van der Waals surface area contributed by atoms with E-state index < -0.39 is 0 Å². The predicted octanol–water partition coefficient (Wildman–Crippen LogP) is 5.29. The van der Waals surface area contributed by atoms with Crippen LogP contribution in [0.5, 0.6) is 0 Å². The third-order valence-electron chi connectivity index (χ3n) is 5.50. The summed E-state index contributed by atoms with van der Waals surface area (Å²) in [6.45, 7) is 4.33. The number of ether oxygens (including phenoxy) is 1. The molecule has 6 nitrogen and oxygen atoms in total. The minimum absolute atomic E-state index is 0.0288. The molecule has 0 bridgehead atoms. The number of nitrogens with one attached hydrogen (secondary N) is 2. The zero-order chi connectivity index (χ0) is 21.3. The van der Waals surface area contributed by atoms with Gasteiger partial charge < -0.3 is 19.9 Å². The molecule has 0 radical (unpaired) electrons. The number of aromatic nitrogens is 1. The van der Waals surface area contributed by atoms with Gasteiger partial charge in [0.15, 0.2) is 0 Å². The van der Waals surface area contributed by atoms with Crippen LogP contribution in [0.3, 0.4) is 0 Å². The molecular formula is C23H24ClN3O3. The second-order valence-corrected chi connectivity index (χ2v) is 8.01. The van der Waals surface area contributed by atoms with Crippen molar-refractivity contribution in [2.24, 2.45) is 0 Å². The Morgan fingerprint density at radius 3 is 2.90 bits per heavy atom. The molecule has 7 heteroatoms. The normalized spacial score (nSPS) is 17.2. The maximum Gasteiger partial charge on any atom is 0.410 e. The number of fused-ring (bicyclic) bond motifs is 1. The topological polar surface area (TPSA) is 74.4 Å². The summed E-state index contributed by atoms with van der Waals surface area (Å²) in [5.41, 5.74) is 3.64. The number of carbonyl (C=O) groups is 2. The zero-order valence-corrected chi connectivity index (χ0v) is 17.7. The number of nitrogens with zero attached hydrogens (tertiary/aromatic N) is 1. The van der Waals surface area contributed by atoms with Crippen molar-refractivity contribution in [1.29, 1.82) is 0 Å². The predicted molar refractivity (Wildman–Crippen MR) is 118 cm³/mol. The van der Waals surface area contributed by atoms with Crippen molar-refractivity contribution < 1.29 is 14.3 Å². The Morgan fingerprint density at radius 2 is 2.13 bits per heavy atom. The van der Waals surface area contributed by atoms with Gasteiger partial charge in [0, 0.05) is 29.1 Å². The van der Waals surface area contributed by atoms with Crippen molar-refractivity contribution in [2.75, 3.05) is 11.9 Å². The van der Waals surface area contributed by atoms with E-state index in [9.17, 15) is 9.59 Å². The third-order valence-corrected chi connectivity index (χ3v) is 5.74. The minimum atomic E-state index is -0.322. The molecule has 30 heavy (non-hydrogen) atoms. The van der Waals surface area contributed by atoms with E-state index in [1.54, 1.807) is 11.0 Å². The highest BCUT2D eigenvalue weighted by Crippen LogP contribution is 2.31. The lowest BCUT2D eigenvalue weighted by atomic mass is 10.0. The quantitative estimate of drug-likeness (QED) is 0.563. The average molecular weight is 426 g/mol. The lowest BCUT2D eigenvalue weighted by molar-refractivity contribution is -0.115. The zero-order valence-electron chi connectivity index (χ0n) is 16.9. The average Bonchev–Trinajstić information content (AvgIpc) is 3.32. The second kappa shape index (κ2) is 8.40. The second-order valence-electron chi connectivity index (χ2n) is 7.58. The lowest BCUT2D eigenvalue weighted by Crippen LogP contribution is -2.35. The molecule has 2 N–H and O–H groups in total. The first-order chi connectivity index (χ1) is 14.5. The van der Waals surface area contributed by atoms with Gasteiger partial charge in [-0.3, -0.25) is 4.79 Å². The summed E-state index contributed by atoms with van der Waals surface area (Å²) in [5, 5.41) is 4.59. The SMILES string of the molecule is CCC(=O)Nc1cccc2c(CC(C)N3CC(c4cccc(Cl)c4)OC3=O)c[nH]c12. The Balaban J connectivity index is 1.50. The van der Waals surface area contributed by atoms with Crippen molar-refractivity contribution in [3.8, 4) is 0 Å². The number of carbonyl (C=O) groups excluding carboxylic acids is 2.